The smallest absolute Gasteiger partial charge is 0.270 e. The van der Waals surface area contributed by atoms with E-state index in [0.717, 1.165) is 5.56 Å². The zero-order valence-corrected chi connectivity index (χ0v) is 18.1. The highest BCUT2D eigenvalue weighted by atomic mass is 35.5. The van der Waals surface area contributed by atoms with Crippen molar-refractivity contribution in [2.75, 3.05) is 13.2 Å². The van der Waals surface area contributed by atoms with Gasteiger partial charge in [-0.2, -0.15) is 0 Å². The molecule has 1 fully saturated rings. The van der Waals surface area contributed by atoms with E-state index in [1.165, 1.54) is 12.8 Å². The van der Waals surface area contributed by atoms with Crippen LogP contribution in [0, 0.1) is 11.8 Å². The number of aliphatic hydroxyl groups excluding tert-OH is 1. The highest BCUT2D eigenvalue weighted by Crippen LogP contribution is 2.38. The maximum absolute atomic E-state index is 12.7. The van der Waals surface area contributed by atoms with E-state index in [0.29, 0.717) is 46.2 Å². The molecule has 2 N–H and O–H groups in total. The molecular weight excluding hydrogens is 411 g/mol. The number of carbonyl (C=O) groups excluding carboxylic acids is 1. The molecule has 0 unspecified atom stereocenters. The van der Waals surface area contributed by atoms with Crippen LogP contribution in [0.5, 0.6) is 5.75 Å². The Morgan fingerprint density at radius 1 is 1.28 bits per heavy atom. The van der Waals surface area contributed by atoms with Crippen LogP contribution < -0.4 is 10.1 Å². The largest absolute Gasteiger partial charge is 0.491 e. The Bertz CT molecular complexity index is 869. The molecule has 1 aromatic carbocycles. The van der Waals surface area contributed by atoms with Crippen molar-refractivity contribution in [3.63, 3.8) is 0 Å². The normalized spacial score (nSPS) is 14.7. The average Bonchev–Trinajstić information content (AvgIpc) is 3.50. The first-order chi connectivity index (χ1) is 13.9. The van der Waals surface area contributed by atoms with Gasteiger partial charge in [0.05, 0.1) is 30.5 Å². The number of rotatable bonds is 9. The minimum atomic E-state index is -0.343. The van der Waals surface area contributed by atoms with Gasteiger partial charge in [-0.3, -0.25) is 4.79 Å². The maximum Gasteiger partial charge on any atom is 0.270 e. The van der Waals surface area contributed by atoms with Gasteiger partial charge in [0, 0.05) is 16.1 Å². The summed E-state index contributed by atoms with van der Waals surface area (Å²) in [5.74, 6) is 1.17. The van der Waals surface area contributed by atoms with Crippen molar-refractivity contribution in [3.8, 4) is 16.9 Å². The highest BCUT2D eigenvalue weighted by Gasteiger charge is 2.24. The molecule has 2 aromatic rings. The second kappa shape index (κ2) is 9.79. The minimum Gasteiger partial charge on any atom is -0.491 e. The summed E-state index contributed by atoms with van der Waals surface area (Å²) in [6.07, 6.45) is 4.58. The van der Waals surface area contributed by atoms with Crippen molar-refractivity contribution in [2.24, 2.45) is 11.8 Å². The molecule has 0 saturated heterocycles. The Kier molecular flexibility index (Phi) is 7.38. The summed E-state index contributed by atoms with van der Waals surface area (Å²) in [5.41, 5.74) is 1.66. The van der Waals surface area contributed by atoms with Crippen molar-refractivity contribution in [2.45, 2.75) is 39.2 Å². The lowest BCUT2D eigenvalue weighted by atomic mass is 10.0. The van der Waals surface area contributed by atoms with Gasteiger partial charge in [-0.25, -0.2) is 4.98 Å². The van der Waals surface area contributed by atoms with Gasteiger partial charge in [0.1, 0.15) is 11.4 Å². The first kappa shape index (κ1) is 21.9. The monoisotopic (exact) mass is 436 g/mol. The second-order valence-electron chi connectivity index (χ2n) is 7.93. The molecule has 0 bridgehead atoms. The molecular formula is C22H26Cl2N2O3. The van der Waals surface area contributed by atoms with Gasteiger partial charge < -0.3 is 15.2 Å². The van der Waals surface area contributed by atoms with Gasteiger partial charge in [-0.15, -0.1) is 0 Å². The van der Waals surface area contributed by atoms with Gasteiger partial charge in [0.25, 0.3) is 5.91 Å². The molecule has 0 aliphatic heterocycles. The zero-order valence-electron chi connectivity index (χ0n) is 16.6. The quantitative estimate of drug-likeness (QED) is 0.581. The average molecular weight is 437 g/mol. The fraction of sp³-hybridized carbons (Fsp3) is 0.455. The van der Waals surface area contributed by atoms with Gasteiger partial charge in [-0.05, 0) is 49.3 Å². The van der Waals surface area contributed by atoms with E-state index < -0.39 is 0 Å². The highest BCUT2D eigenvalue weighted by molar-refractivity contribution is 6.36. The van der Waals surface area contributed by atoms with E-state index in [-0.39, 0.29) is 24.2 Å². The number of hydrogen-bond acceptors (Lipinski definition) is 4. The third kappa shape index (κ3) is 6.08. The van der Waals surface area contributed by atoms with Gasteiger partial charge in [0.2, 0.25) is 0 Å². The Hall–Kier alpha value is -1.82. The summed E-state index contributed by atoms with van der Waals surface area (Å²) in [4.78, 5) is 17.0. The summed E-state index contributed by atoms with van der Waals surface area (Å²) < 4.78 is 5.96. The molecule has 1 aromatic heterocycles. The van der Waals surface area contributed by atoms with Crippen LogP contribution in [-0.4, -0.2) is 35.3 Å². The Balaban J connectivity index is 1.89. The number of aliphatic hydroxyl groups is 1. The number of nitrogens with one attached hydrogen (secondary N) is 1. The lowest BCUT2D eigenvalue weighted by molar-refractivity contribution is 0.0903. The number of halogens is 2. The third-order valence-electron chi connectivity index (χ3n) is 4.80. The topological polar surface area (TPSA) is 71.5 Å². The number of pyridine rings is 1. The van der Waals surface area contributed by atoms with E-state index in [1.807, 2.05) is 13.8 Å². The summed E-state index contributed by atoms with van der Waals surface area (Å²) in [7, 11) is 0. The predicted octanol–water partition coefficient (Wildman–Crippen LogP) is 4.98. The van der Waals surface area contributed by atoms with Crippen LogP contribution in [0.25, 0.3) is 11.1 Å². The molecule has 0 spiro atoms. The predicted molar refractivity (Wildman–Crippen MR) is 116 cm³/mol. The SMILES string of the molecule is CC(C)C[C@@H](CO)NC(=O)c1cc(-c2ccc(Cl)cc2Cl)c(OCC2CC2)cn1. The number of hydrogen-bond donors (Lipinski definition) is 2. The van der Waals surface area contributed by atoms with E-state index >= 15 is 0 Å². The van der Waals surface area contributed by atoms with Crippen molar-refractivity contribution in [1.82, 2.24) is 10.3 Å². The van der Waals surface area contributed by atoms with Crippen molar-refractivity contribution < 1.29 is 14.6 Å². The first-order valence-corrected chi connectivity index (χ1v) is 10.6. The molecule has 156 valence electrons. The molecule has 1 amide bonds. The number of carbonyl (C=O) groups is 1. The lowest BCUT2D eigenvalue weighted by Gasteiger charge is -2.19. The van der Waals surface area contributed by atoms with Crippen molar-refractivity contribution in [3.05, 3.63) is 46.2 Å². The third-order valence-corrected chi connectivity index (χ3v) is 5.35. The van der Waals surface area contributed by atoms with Crippen LogP contribution in [0.15, 0.2) is 30.5 Å². The maximum atomic E-state index is 12.7. The summed E-state index contributed by atoms with van der Waals surface area (Å²) >= 11 is 12.4. The van der Waals surface area contributed by atoms with Gasteiger partial charge >= 0.3 is 0 Å². The Morgan fingerprint density at radius 3 is 2.66 bits per heavy atom. The minimum absolute atomic E-state index is 0.123. The fourth-order valence-electron chi connectivity index (χ4n) is 3.10. The second-order valence-corrected chi connectivity index (χ2v) is 8.77. The molecule has 1 aliphatic carbocycles. The van der Waals surface area contributed by atoms with Crippen LogP contribution >= 0.6 is 23.2 Å². The summed E-state index contributed by atoms with van der Waals surface area (Å²) in [6.45, 7) is 4.58. The summed E-state index contributed by atoms with van der Waals surface area (Å²) in [5, 5.41) is 13.4. The van der Waals surface area contributed by atoms with Crippen LogP contribution in [-0.2, 0) is 0 Å². The molecule has 7 heteroatoms. The molecule has 29 heavy (non-hydrogen) atoms. The van der Waals surface area contributed by atoms with E-state index in [4.69, 9.17) is 27.9 Å². The number of benzene rings is 1. The van der Waals surface area contributed by atoms with E-state index in [9.17, 15) is 9.90 Å². The Labute approximate surface area is 181 Å². The molecule has 0 radical (unpaired) electrons. The molecule has 5 nitrogen and oxygen atoms in total. The van der Waals surface area contributed by atoms with Crippen molar-refractivity contribution in [1.29, 1.82) is 0 Å². The van der Waals surface area contributed by atoms with Crippen LogP contribution in [0.3, 0.4) is 0 Å². The van der Waals surface area contributed by atoms with Gasteiger partial charge in [0.15, 0.2) is 0 Å². The fourth-order valence-corrected chi connectivity index (χ4v) is 3.61. The molecule has 1 aliphatic rings. The summed E-state index contributed by atoms with van der Waals surface area (Å²) in [6, 6.07) is 6.57. The number of amides is 1. The van der Waals surface area contributed by atoms with E-state index in [1.54, 1.807) is 30.5 Å². The molecule has 1 heterocycles. The Morgan fingerprint density at radius 2 is 2.03 bits per heavy atom. The van der Waals surface area contributed by atoms with Crippen LogP contribution in [0.1, 0.15) is 43.6 Å². The van der Waals surface area contributed by atoms with Crippen LogP contribution in [0.2, 0.25) is 10.0 Å². The zero-order chi connectivity index (χ0) is 21.0. The molecule has 3 rings (SSSR count). The van der Waals surface area contributed by atoms with Crippen molar-refractivity contribution >= 4 is 29.1 Å². The lowest BCUT2D eigenvalue weighted by Crippen LogP contribution is -2.38. The molecule has 1 atom stereocenters. The number of nitrogens with zero attached hydrogens (tertiary/aromatic N) is 1. The molecule has 1 saturated carbocycles. The first-order valence-electron chi connectivity index (χ1n) is 9.87. The number of aromatic nitrogens is 1. The standard InChI is InChI=1S/C22H26Cl2N2O3/c1-13(2)7-16(11-27)26-22(28)20-9-18(17-6-5-15(23)8-19(17)24)21(10-25-20)29-12-14-3-4-14/h5-6,8-10,13-14,16,27H,3-4,7,11-12H2,1-2H3,(H,26,28)/t16-/m0/s1. The van der Waals surface area contributed by atoms with E-state index in [2.05, 4.69) is 10.3 Å². The van der Waals surface area contributed by atoms with Gasteiger partial charge in [-0.1, -0.05) is 43.1 Å². The number of ether oxygens (including phenoxy) is 1. The van der Waals surface area contributed by atoms with Crippen LogP contribution in [0.4, 0.5) is 0 Å².